The first-order valence-electron chi connectivity index (χ1n) is 11.5. The van der Waals surface area contributed by atoms with Gasteiger partial charge in [0.1, 0.15) is 5.84 Å². The van der Waals surface area contributed by atoms with Crippen LogP contribution < -0.4 is 4.31 Å². The third-order valence-corrected chi connectivity index (χ3v) is 8.67. The topological polar surface area (TPSA) is 57.4 Å². The van der Waals surface area contributed by atoms with Crippen molar-refractivity contribution in [1.29, 1.82) is 10.8 Å². The maximum atomic E-state index is 8.69. The highest BCUT2D eigenvalue weighted by molar-refractivity contribution is 8.01. The van der Waals surface area contributed by atoms with Gasteiger partial charge in [-0.05, 0) is 79.1 Å². The van der Waals surface area contributed by atoms with E-state index in [1.54, 1.807) is 23.9 Å². The van der Waals surface area contributed by atoms with Gasteiger partial charge in [-0.1, -0.05) is 29.8 Å². The summed E-state index contributed by atoms with van der Waals surface area (Å²) in [6.45, 7) is 5.94. The van der Waals surface area contributed by atoms with Gasteiger partial charge in [0.2, 0.25) is 0 Å². The minimum atomic E-state index is -0.372. The van der Waals surface area contributed by atoms with E-state index in [-0.39, 0.29) is 5.41 Å². The second-order valence-electron chi connectivity index (χ2n) is 9.44. The molecule has 2 aromatic rings. The summed E-state index contributed by atoms with van der Waals surface area (Å²) in [5.74, 6) is 0.478. The largest absolute Gasteiger partial charge is 0.324 e. The minimum absolute atomic E-state index is 0.372. The number of fused-ring (bicyclic) bond motifs is 2. The van der Waals surface area contributed by atoms with E-state index in [0.717, 1.165) is 56.2 Å². The summed E-state index contributed by atoms with van der Waals surface area (Å²) in [7, 11) is 1.79. The summed E-state index contributed by atoms with van der Waals surface area (Å²) < 4.78 is 2.31. The molecule has 1 aliphatic carbocycles. The van der Waals surface area contributed by atoms with Gasteiger partial charge in [0.05, 0.1) is 18.3 Å². The first-order chi connectivity index (χ1) is 15.9. The quantitative estimate of drug-likeness (QED) is 0.244. The van der Waals surface area contributed by atoms with Crippen LogP contribution in [0.15, 0.2) is 47.4 Å². The Balaban J connectivity index is 1.39. The average molecular weight is 480 g/mol. The van der Waals surface area contributed by atoms with E-state index in [0.29, 0.717) is 5.84 Å². The Kier molecular flexibility index (Phi) is 6.02. The third kappa shape index (κ3) is 4.09. The van der Waals surface area contributed by atoms with Crippen LogP contribution in [-0.2, 0) is 24.9 Å². The molecule has 2 aliphatic heterocycles. The van der Waals surface area contributed by atoms with Crippen molar-refractivity contribution in [1.82, 2.24) is 9.80 Å². The van der Waals surface area contributed by atoms with Crippen molar-refractivity contribution in [3.63, 3.8) is 0 Å². The van der Waals surface area contributed by atoms with Crippen molar-refractivity contribution in [2.24, 2.45) is 0 Å². The molecule has 0 aromatic heterocycles. The molecule has 0 spiro atoms. The monoisotopic (exact) mass is 479 g/mol. The Morgan fingerprint density at radius 2 is 2.12 bits per heavy atom. The van der Waals surface area contributed by atoms with E-state index in [2.05, 4.69) is 58.6 Å². The molecule has 0 radical (unpaired) electrons. The lowest BCUT2D eigenvalue weighted by Gasteiger charge is -2.31. The Labute approximate surface area is 205 Å². The smallest absolute Gasteiger partial charge is 0.111 e. The normalized spacial score (nSPS) is 21.7. The number of nitrogens with one attached hydrogen (secondary N) is 2. The highest BCUT2D eigenvalue weighted by Crippen LogP contribution is 2.46. The summed E-state index contributed by atoms with van der Waals surface area (Å²) in [6.07, 6.45) is 8.71. The van der Waals surface area contributed by atoms with Crippen molar-refractivity contribution in [3.05, 3.63) is 69.8 Å². The van der Waals surface area contributed by atoms with Crippen LogP contribution >= 0.6 is 23.5 Å². The van der Waals surface area contributed by atoms with Gasteiger partial charge in [-0.3, -0.25) is 15.7 Å². The molecule has 172 valence electrons. The zero-order chi connectivity index (χ0) is 23.2. The van der Waals surface area contributed by atoms with Gasteiger partial charge >= 0.3 is 0 Å². The molecule has 5 nitrogen and oxygen atoms in total. The molecule has 3 aliphatic rings. The molecule has 0 saturated carbocycles. The molecule has 0 saturated heterocycles. The fourth-order valence-corrected chi connectivity index (χ4v) is 6.69. The number of halogens is 1. The fourth-order valence-electron chi connectivity index (χ4n) is 5.19. The molecule has 2 N–H and O–H groups in total. The van der Waals surface area contributed by atoms with Gasteiger partial charge in [0, 0.05) is 47.9 Å². The molecule has 0 amide bonds. The van der Waals surface area contributed by atoms with E-state index in [1.807, 2.05) is 0 Å². The Hall–Kier alpha value is -2.28. The van der Waals surface area contributed by atoms with Crippen LogP contribution in [0.4, 0.5) is 5.69 Å². The first-order valence-corrected chi connectivity index (χ1v) is 12.6. The number of amidine groups is 1. The predicted octanol–water partition coefficient (Wildman–Crippen LogP) is 5.85. The fraction of sp³-hybridized carbons (Fsp3) is 0.385. The van der Waals surface area contributed by atoms with E-state index in [4.69, 9.17) is 22.4 Å². The molecule has 1 unspecified atom stereocenters. The van der Waals surface area contributed by atoms with E-state index >= 15 is 0 Å². The maximum absolute atomic E-state index is 8.69. The summed E-state index contributed by atoms with van der Waals surface area (Å²) in [5, 5.41) is 17.1. The van der Waals surface area contributed by atoms with Gasteiger partial charge in [0.15, 0.2) is 0 Å². The highest BCUT2D eigenvalue weighted by atomic mass is 35.5. The molecule has 33 heavy (non-hydrogen) atoms. The molecular weight excluding hydrogens is 450 g/mol. The molecule has 7 heteroatoms. The van der Waals surface area contributed by atoms with Gasteiger partial charge < -0.3 is 9.21 Å². The predicted molar refractivity (Wildman–Crippen MR) is 139 cm³/mol. The first kappa shape index (κ1) is 22.5. The lowest BCUT2D eigenvalue weighted by Crippen LogP contribution is -2.40. The Morgan fingerprint density at radius 1 is 1.27 bits per heavy atom. The third-order valence-electron chi connectivity index (χ3n) is 7.21. The molecule has 1 atom stereocenters. The zero-order valence-corrected chi connectivity index (χ0v) is 20.8. The maximum Gasteiger partial charge on any atom is 0.111 e. The number of nitrogens with zero attached hydrogens (tertiary/aromatic N) is 3. The van der Waals surface area contributed by atoms with E-state index < -0.39 is 0 Å². The molecular formula is C26H30ClN5S. The van der Waals surface area contributed by atoms with Crippen molar-refractivity contribution >= 4 is 41.4 Å². The Morgan fingerprint density at radius 3 is 2.88 bits per heavy atom. The van der Waals surface area contributed by atoms with Crippen molar-refractivity contribution in [2.75, 3.05) is 24.4 Å². The number of aryl methyl sites for hydroxylation is 1. The standard InChI is InChI=1S/C26H30ClN5S/c1-26(25(29)30(2)17-28)9-8-19-6-7-20(14-22(19)26)32-16-21-23(27)12-18(13-24(21)33-32)15-31-10-4-3-5-11-31/h3-4,6-7,12-14,17,28-29H,5,8-11,15-16H2,1-2H3. The van der Waals surface area contributed by atoms with Gasteiger partial charge in [-0.15, -0.1) is 0 Å². The van der Waals surface area contributed by atoms with Crippen LogP contribution in [0.3, 0.4) is 0 Å². The van der Waals surface area contributed by atoms with Crippen LogP contribution in [-0.4, -0.2) is 42.1 Å². The molecule has 2 aromatic carbocycles. The van der Waals surface area contributed by atoms with E-state index in [1.165, 1.54) is 33.5 Å². The van der Waals surface area contributed by atoms with Crippen molar-refractivity contribution in [3.8, 4) is 0 Å². The summed E-state index contributed by atoms with van der Waals surface area (Å²) >= 11 is 8.51. The number of rotatable bonds is 5. The number of hydrogen-bond acceptors (Lipinski definition) is 5. The second kappa shape index (κ2) is 8.82. The van der Waals surface area contributed by atoms with Gasteiger partial charge in [-0.25, -0.2) is 0 Å². The van der Waals surface area contributed by atoms with Gasteiger partial charge in [0.25, 0.3) is 0 Å². The van der Waals surface area contributed by atoms with Gasteiger partial charge in [-0.2, -0.15) is 0 Å². The summed E-state index contributed by atoms with van der Waals surface area (Å²) in [6, 6.07) is 11.1. The lowest BCUT2D eigenvalue weighted by atomic mass is 9.82. The number of hydrogen-bond donors (Lipinski definition) is 2. The van der Waals surface area contributed by atoms with Crippen LogP contribution in [0.1, 0.15) is 42.0 Å². The average Bonchev–Trinajstić information content (AvgIpc) is 3.41. The molecule has 5 rings (SSSR count). The van der Waals surface area contributed by atoms with Crippen LogP contribution in [0.5, 0.6) is 0 Å². The molecule has 0 fully saturated rings. The van der Waals surface area contributed by atoms with Crippen LogP contribution in [0.2, 0.25) is 5.02 Å². The van der Waals surface area contributed by atoms with Crippen molar-refractivity contribution in [2.45, 2.75) is 49.6 Å². The van der Waals surface area contributed by atoms with Crippen molar-refractivity contribution < 1.29 is 0 Å². The lowest BCUT2D eigenvalue weighted by molar-refractivity contribution is 0.290. The van der Waals surface area contributed by atoms with E-state index in [9.17, 15) is 0 Å². The highest BCUT2D eigenvalue weighted by Gasteiger charge is 2.40. The van der Waals surface area contributed by atoms with Crippen LogP contribution in [0.25, 0.3) is 0 Å². The minimum Gasteiger partial charge on any atom is -0.324 e. The van der Waals surface area contributed by atoms with Crippen LogP contribution in [0, 0.1) is 10.8 Å². The molecule has 2 heterocycles. The SMILES string of the molecule is CN(C=N)C(=N)C1(C)CCc2ccc(N3Cc4c(Cl)cc(CN5CC=CCC5)cc4S3)cc21. The zero-order valence-electron chi connectivity index (χ0n) is 19.2. The Bertz CT molecular complexity index is 1150. The number of benzene rings is 2. The number of likely N-dealkylation sites (N-methyl/N-ethyl adjacent to an activating group) is 1. The number of anilines is 1. The second-order valence-corrected chi connectivity index (χ2v) is 10.9. The summed E-state index contributed by atoms with van der Waals surface area (Å²) in [4.78, 5) is 5.31. The summed E-state index contributed by atoms with van der Waals surface area (Å²) in [5.41, 5.74) is 5.76. The molecule has 0 bridgehead atoms.